The predicted molar refractivity (Wildman–Crippen MR) is 123 cm³/mol. The molecule has 1 saturated heterocycles. The number of pyridine rings is 1. The van der Waals surface area contributed by atoms with Crippen LogP contribution in [-0.2, 0) is 4.79 Å². The quantitative estimate of drug-likeness (QED) is 0.415. The van der Waals surface area contributed by atoms with Crippen LogP contribution in [0.3, 0.4) is 0 Å². The van der Waals surface area contributed by atoms with Crippen molar-refractivity contribution in [2.45, 2.75) is 6.04 Å². The molecule has 2 aromatic carbocycles. The number of amides is 1. The van der Waals surface area contributed by atoms with E-state index in [2.05, 4.69) is 20.8 Å². The third-order valence-electron chi connectivity index (χ3n) is 5.45. The number of ketones is 1. The maximum atomic E-state index is 13.5. The van der Waals surface area contributed by atoms with E-state index in [1.54, 1.807) is 41.3 Å². The molecule has 0 bridgehead atoms. The van der Waals surface area contributed by atoms with E-state index in [0.717, 1.165) is 10.2 Å². The molecule has 1 aromatic heterocycles. The number of halogens is 1. The molecule has 0 saturated carbocycles. The predicted octanol–water partition coefficient (Wildman–Crippen LogP) is 3.38. The molecule has 158 valence electrons. The largest absolute Gasteiger partial charge is 0.368 e. The molecule has 1 aliphatic rings. The number of hydrogen-bond donors (Lipinski definition) is 0. The number of nitrogens with zero attached hydrogens (tertiary/aromatic N) is 3. The Balaban J connectivity index is 1.59. The summed E-state index contributed by atoms with van der Waals surface area (Å²) in [5.74, 6) is -0.745. The first-order chi connectivity index (χ1) is 15.0. The summed E-state index contributed by atoms with van der Waals surface area (Å²) in [7, 11) is 0. The van der Waals surface area contributed by atoms with Gasteiger partial charge in [0.1, 0.15) is 0 Å². The van der Waals surface area contributed by atoms with E-state index in [-0.39, 0.29) is 11.5 Å². The normalized spacial score (nSPS) is 14.9. The van der Waals surface area contributed by atoms with Crippen LogP contribution in [0.5, 0.6) is 0 Å². The summed E-state index contributed by atoms with van der Waals surface area (Å²) in [5, 5.41) is 0. The standard InChI is InChI=1S/C24H22BrN3O3/c25-19-11-9-18(10-12-19)23(30)22(28-13-5-4-8-21(28)29)24(31)27-16-14-26(15-17-27)20-6-2-1-3-7-20/h1-13,22H,14-17H2/t22-/m0/s1. The van der Waals surface area contributed by atoms with E-state index in [9.17, 15) is 14.4 Å². The first-order valence-corrected chi connectivity index (χ1v) is 10.9. The molecule has 4 rings (SSSR count). The summed E-state index contributed by atoms with van der Waals surface area (Å²) < 4.78 is 2.07. The van der Waals surface area contributed by atoms with Crippen molar-refractivity contribution in [3.05, 3.63) is 99.4 Å². The molecule has 7 heteroatoms. The number of aromatic nitrogens is 1. The first kappa shape index (κ1) is 21.1. The van der Waals surface area contributed by atoms with Crippen LogP contribution in [0.15, 0.2) is 88.3 Å². The van der Waals surface area contributed by atoms with Gasteiger partial charge in [-0.25, -0.2) is 0 Å². The molecule has 2 heterocycles. The Labute approximate surface area is 188 Å². The van der Waals surface area contributed by atoms with Gasteiger partial charge in [0.15, 0.2) is 11.8 Å². The molecule has 0 N–H and O–H groups in total. The van der Waals surface area contributed by atoms with E-state index in [1.165, 1.54) is 16.8 Å². The van der Waals surface area contributed by atoms with Gasteiger partial charge in [-0.3, -0.25) is 19.0 Å². The molecule has 0 unspecified atom stereocenters. The maximum absolute atomic E-state index is 13.5. The second-order valence-electron chi connectivity index (χ2n) is 7.37. The van der Waals surface area contributed by atoms with Gasteiger partial charge >= 0.3 is 0 Å². The maximum Gasteiger partial charge on any atom is 0.253 e. The zero-order valence-corrected chi connectivity index (χ0v) is 18.4. The molecular formula is C24H22BrN3O3. The van der Waals surface area contributed by atoms with Gasteiger partial charge in [-0.15, -0.1) is 0 Å². The van der Waals surface area contributed by atoms with E-state index in [1.807, 2.05) is 30.3 Å². The second-order valence-corrected chi connectivity index (χ2v) is 8.28. The molecule has 0 aliphatic carbocycles. The van der Waals surface area contributed by atoms with Gasteiger partial charge in [-0.2, -0.15) is 0 Å². The zero-order valence-electron chi connectivity index (χ0n) is 16.9. The number of anilines is 1. The average molecular weight is 480 g/mol. The summed E-state index contributed by atoms with van der Waals surface area (Å²) in [4.78, 5) is 43.2. The number of hydrogen-bond acceptors (Lipinski definition) is 4. The molecule has 1 amide bonds. The van der Waals surface area contributed by atoms with Crippen molar-refractivity contribution in [3.63, 3.8) is 0 Å². The average Bonchev–Trinajstić information content (AvgIpc) is 2.81. The van der Waals surface area contributed by atoms with Gasteiger partial charge in [-0.05, 0) is 30.3 Å². The highest BCUT2D eigenvalue weighted by Crippen LogP contribution is 2.21. The lowest BCUT2D eigenvalue weighted by atomic mass is 10.0. The molecule has 31 heavy (non-hydrogen) atoms. The van der Waals surface area contributed by atoms with Crippen molar-refractivity contribution in [1.29, 1.82) is 0 Å². The number of carbonyl (C=O) groups is 2. The molecule has 1 aliphatic heterocycles. The Hall–Kier alpha value is -3.19. The Bertz CT molecular complexity index is 1120. The Morgan fingerprint density at radius 1 is 0.806 bits per heavy atom. The monoisotopic (exact) mass is 479 g/mol. The number of Topliss-reactive ketones (excluding diaryl/α,β-unsaturated/α-hetero) is 1. The van der Waals surface area contributed by atoms with Crippen LogP contribution in [0, 0.1) is 0 Å². The third kappa shape index (κ3) is 4.61. The second kappa shape index (κ2) is 9.31. The number of para-hydroxylation sites is 1. The fraction of sp³-hybridized carbons (Fsp3) is 0.208. The minimum atomic E-state index is -1.22. The first-order valence-electron chi connectivity index (χ1n) is 10.1. The molecule has 1 atom stereocenters. The lowest BCUT2D eigenvalue weighted by molar-refractivity contribution is -0.133. The van der Waals surface area contributed by atoms with Crippen LogP contribution in [0.1, 0.15) is 16.4 Å². The highest BCUT2D eigenvalue weighted by Gasteiger charge is 2.35. The number of benzene rings is 2. The van der Waals surface area contributed by atoms with Crippen molar-refractivity contribution in [1.82, 2.24) is 9.47 Å². The van der Waals surface area contributed by atoms with Gasteiger partial charge in [0.25, 0.3) is 11.5 Å². The van der Waals surface area contributed by atoms with Crippen LogP contribution in [-0.4, -0.2) is 47.3 Å². The van der Waals surface area contributed by atoms with E-state index < -0.39 is 11.8 Å². The minimum Gasteiger partial charge on any atom is -0.368 e. The van der Waals surface area contributed by atoms with Crippen molar-refractivity contribution >= 4 is 33.3 Å². The fourth-order valence-electron chi connectivity index (χ4n) is 3.78. The van der Waals surface area contributed by atoms with Crippen LogP contribution in [0.25, 0.3) is 0 Å². The topological polar surface area (TPSA) is 62.6 Å². The highest BCUT2D eigenvalue weighted by molar-refractivity contribution is 9.10. The Morgan fingerprint density at radius 2 is 1.45 bits per heavy atom. The summed E-state index contributed by atoms with van der Waals surface area (Å²) in [6, 6.07) is 20.3. The van der Waals surface area contributed by atoms with E-state index in [0.29, 0.717) is 31.7 Å². The molecular weight excluding hydrogens is 458 g/mol. The lowest BCUT2D eigenvalue weighted by Gasteiger charge is -2.37. The van der Waals surface area contributed by atoms with Gasteiger partial charge in [0.05, 0.1) is 0 Å². The Kier molecular flexibility index (Phi) is 6.32. The lowest BCUT2D eigenvalue weighted by Crippen LogP contribution is -2.52. The highest BCUT2D eigenvalue weighted by atomic mass is 79.9. The van der Waals surface area contributed by atoms with E-state index in [4.69, 9.17) is 0 Å². The van der Waals surface area contributed by atoms with Crippen molar-refractivity contribution in [3.8, 4) is 0 Å². The zero-order chi connectivity index (χ0) is 21.8. The smallest absolute Gasteiger partial charge is 0.253 e. The third-order valence-corrected chi connectivity index (χ3v) is 5.98. The minimum absolute atomic E-state index is 0.353. The molecule has 6 nitrogen and oxygen atoms in total. The SMILES string of the molecule is O=C(c1ccc(Br)cc1)[C@@H](C(=O)N1CCN(c2ccccc2)CC1)n1ccccc1=O. The molecule has 0 spiro atoms. The van der Waals surface area contributed by atoms with Crippen LogP contribution < -0.4 is 10.5 Å². The van der Waals surface area contributed by atoms with Crippen molar-refractivity contribution in [2.75, 3.05) is 31.1 Å². The molecule has 3 aromatic rings. The number of rotatable bonds is 5. The summed E-state index contributed by atoms with van der Waals surface area (Å²) in [5.41, 5.74) is 1.12. The van der Waals surface area contributed by atoms with Gasteiger partial charge < -0.3 is 9.80 Å². The summed E-state index contributed by atoms with van der Waals surface area (Å²) in [6.45, 7) is 2.30. The van der Waals surface area contributed by atoms with Crippen LogP contribution >= 0.6 is 15.9 Å². The number of carbonyl (C=O) groups excluding carboxylic acids is 2. The molecule has 0 radical (unpaired) electrons. The van der Waals surface area contributed by atoms with Gasteiger partial charge in [0.2, 0.25) is 0 Å². The summed E-state index contributed by atoms with van der Waals surface area (Å²) >= 11 is 3.36. The molecule has 1 fully saturated rings. The Morgan fingerprint density at radius 3 is 2.10 bits per heavy atom. The van der Waals surface area contributed by atoms with Crippen molar-refractivity contribution in [2.24, 2.45) is 0 Å². The van der Waals surface area contributed by atoms with Crippen LogP contribution in [0.4, 0.5) is 5.69 Å². The van der Waals surface area contributed by atoms with Gasteiger partial charge in [-0.1, -0.05) is 52.3 Å². The fourth-order valence-corrected chi connectivity index (χ4v) is 4.04. The van der Waals surface area contributed by atoms with Crippen LogP contribution in [0.2, 0.25) is 0 Å². The van der Waals surface area contributed by atoms with Gasteiger partial charge in [0, 0.05) is 54.2 Å². The number of piperazine rings is 1. The van der Waals surface area contributed by atoms with Crippen molar-refractivity contribution < 1.29 is 9.59 Å². The summed E-state index contributed by atoms with van der Waals surface area (Å²) in [6.07, 6.45) is 1.50. The van der Waals surface area contributed by atoms with E-state index >= 15 is 0 Å².